The van der Waals surface area contributed by atoms with Crippen LogP contribution in [0.4, 0.5) is 0 Å². The Hall–Kier alpha value is -3.09. The fraction of sp³-hybridized carbons (Fsp3) is 0.409. The van der Waals surface area contributed by atoms with E-state index in [0.29, 0.717) is 74.3 Å². The molecule has 3 heterocycles. The quantitative estimate of drug-likeness (QED) is 0.723. The lowest BCUT2D eigenvalue weighted by Crippen LogP contribution is -2.40. The summed E-state index contributed by atoms with van der Waals surface area (Å²) in [6.45, 7) is 4.37. The van der Waals surface area contributed by atoms with Crippen LogP contribution < -0.4 is 14.2 Å². The van der Waals surface area contributed by atoms with Crippen LogP contribution in [0, 0.1) is 5.92 Å². The van der Waals surface area contributed by atoms with E-state index in [1.807, 2.05) is 6.92 Å². The zero-order valence-electron chi connectivity index (χ0n) is 16.4. The van der Waals surface area contributed by atoms with Crippen LogP contribution in [0.3, 0.4) is 0 Å². The molecule has 1 fully saturated rings. The lowest BCUT2D eigenvalue weighted by atomic mass is 9.88. The Morgan fingerprint density at radius 1 is 1.14 bits per heavy atom. The fourth-order valence-electron chi connectivity index (χ4n) is 3.75. The maximum Gasteiger partial charge on any atom is 0.259 e. The number of piperidine rings is 1. The second-order valence-electron chi connectivity index (χ2n) is 7.08. The molecule has 0 atom stereocenters. The van der Waals surface area contributed by atoms with Crippen molar-refractivity contribution in [1.29, 1.82) is 0 Å². The fourth-order valence-corrected chi connectivity index (χ4v) is 3.75. The molecule has 1 aromatic carbocycles. The number of benzene rings is 1. The third-order valence-corrected chi connectivity index (χ3v) is 5.26. The Labute approximate surface area is 169 Å². The maximum absolute atomic E-state index is 12.9. The zero-order valence-corrected chi connectivity index (χ0v) is 16.4. The maximum atomic E-state index is 12.9. The number of Topliss-reactive ketones (excluding diaryl/α,β-unsaturated/α-hetero) is 1. The first-order valence-corrected chi connectivity index (χ1v) is 9.98. The van der Waals surface area contributed by atoms with Gasteiger partial charge in [0, 0.05) is 30.8 Å². The van der Waals surface area contributed by atoms with Crippen LogP contribution in [-0.2, 0) is 0 Å². The summed E-state index contributed by atoms with van der Waals surface area (Å²) in [6.07, 6.45) is 2.87. The Morgan fingerprint density at radius 3 is 2.66 bits per heavy atom. The van der Waals surface area contributed by atoms with Crippen LogP contribution in [0.2, 0.25) is 0 Å². The summed E-state index contributed by atoms with van der Waals surface area (Å²) in [5.74, 6) is 1.53. The van der Waals surface area contributed by atoms with Gasteiger partial charge in [0.05, 0.1) is 6.61 Å². The summed E-state index contributed by atoms with van der Waals surface area (Å²) < 4.78 is 16.6. The van der Waals surface area contributed by atoms with Crippen LogP contribution in [0.15, 0.2) is 36.5 Å². The van der Waals surface area contributed by atoms with E-state index in [2.05, 4.69) is 4.98 Å². The molecule has 1 amide bonds. The van der Waals surface area contributed by atoms with Crippen molar-refractivity contribution in [3.05, 3.63) is 47.7 Å². The molecule has 152 valence electrons. The van der Waals surface area contributed by atoms with Crippen LogP contribution in [-0.4, -0.2) is 54.5 Å². The van der Waals surface area contributed by atoms with Crippen molar-refractivity contribution in [3.8, 4) is 17.4 Å². The van der Waals surface area contributed by atoms with E-state index >= 15 is 0 Å². The van der Waals surface area contributed by atoms with Crippen molar-refractivity contribution in [1.82, 2.24) is 9.88 Å². The second-order valence-corrected chi connectivity index (χ2v) is 7.08. The Kier molecular flexibility index (Phi) is 5.64. The van der Waals surface area contributed by atoms with E-state index in [4.69, 9.17) is 14.2 Å². The number of hydrogen-bond acceptors (Lipinski definition) is 6. The Balaban J connectivity index is 1.40. The van der Waals surface area contributed by atoms with E-state index in [1.165, 1.54) is 0 Å². The zero-order chi connectivity index (χ0) is 20.2. The van der Waals surface area contributed by atoms with Gasteiger partial charge in [-0.05, 0) is 50.1 Å². The van der Waals surface area contributed by atoms with E-state index < -0.39 is 0 Å². The van der Waals surface area contributed by atoms with Crippen LogP contribution >= 0.6 is 0 Å². The van der Waals surface area contributed by atoms with Crippen molar-refractivity contribution >= 4 is 11.7 Å². The van der Waals surface area contributed by atoms with Gasteiger partial charge >= 0.3 is 0 Å². The number of ether oxygens (including phenoxy) is 3. The number of carbonyl (C=O) groups excluding carboxylic acids is 2. The minimum atomic E-state index is -0.109. The number of carbonyl (C=O) groups is 2. The highest BCUT2D eigenvalue weighted by atomic mass is 16.6. The monoisotopic (exact) mass is 396 g/mol. The van der Waals surface area contributed by atoms with Gasteiger partial charge in [0.2, 0.25) is 5.88 Å². The van der Waals surface area contributed by atoms with Gasteiger partial charge in [-0.15, -0.1) is 0 Å². The predicted molar refractivity (Wildman–Crippen MR) is 106 cm³/mol. The highest BCUT2D eigenvalue weighted by molar-refractivity contribution is 5.99. The Bertz CT molecular complexity index is 906. The molecular weight excluding hydrogens is 372 g/mol. The summed E-state index contributed by atoms with van der Waals surface area (Å²) >= 11 is 0. The first-order chi connectivity index (χ1) is 14.2. The summed E-state index contributed by atoms with van der Waals surface area (Å²) in [5.41, 5.74) is 1.09. The molecule has 0 N–H and O–H groups in total. The van der Waals surface area contributed by atoms with E-state index in [9.17, 15) is 9.59 Å². The summed E-state index contributed by atoms with van der Waals surface area (Å²) in [4.78, 5) is 31.8. The normalized spacial score (nSPS) is 16.4. The number of likely N-dealkylation sites (tertiary alicyclic amines) is 1. The number of hydrogen-bond donors (Lipinski definition) is 0. The minimum Gasteiger partial charge on any atom is -0.486 e. The van der Waals surface area contributed by atoms with Crippen molar-refractivity contribution < 1.29 is 23.8 Å². The molecule has 0 radical (unpaired) electrons. The van der Waals surface area contributed by atoms with Gasteiger partial charge < -0.3 is 19.1 Å². The summed E-state index contributed by atoms with van der Waals surface area (Å²) in [7, 11) is 0. The molecule has 1 saturated heterocycles. The van der Waals surface area contributed by atoms with E-state index in [1.54, 1.807) is 41.4 Å². The highest BCUT2D eigenvalue weighted by Crippen LogP contribution is 2.33. The summed E-state index contributed by atoms with van der Waals surface area (Å²) in [6, 6.07) is 8.80. The third-order valence-electron chi connectivity index (χ3n) is 5.26. The Morgan fingerprint density at radius 2 is 1.90 bits per heavy atom. The van der Waals surface area contributed by atoms with Crippen molar-refractivity contribution in [2.45, 2.75) is 19.8 Å². The van der Waals surface area contributed by atoms with Crippen LogP contribution in [0.1, 0.15) is 40.5 Å². The highest BCUT2D eigenvalue weighted by Gasteiger charge is 2.30. The number of pyridine rings is 1. The minimum absolute atomic E-state index is 0.0884. The lowest BCUT2D eigenvalue weighted by molar-refractivity contribution is 0.0646. The van der Waals surface area contributed by atoms with Gasteiger partial charge in [0.25, 0.3) is 5.91 Å². The van der Waals surface area contributed by atoms with Gasteiger partial charge in [0.15, 0.2) is 17.3 Å². The van der Waals surface area contributed by atoms with Crippen LogP contribution in [0.25, 0.3) is 0 Å². The molecule has 0 aliphatic carbocycles. The van der Waals surface area contributed by atoms with Crippen molar-refractivity contribution in [2.24, 2.45) is 5.92 Å². The molecule has 7 nitrogen and oxygen atoms in total. The standard InChI is InChI=1S/C22H24N2O5/c1-2-27-21-17(4-3-9-23-21)22(26)24-10-7-15(8-11-24)20(25)16-5-6-18-19(14-16)29-13-12-28-18/h3-6,9,14-15H,2,7-8,10-13H2,1H3. The SMILES string of the molecule is CCOc1ncccc1C(=O)N1CCC(C(=O)c2ccc3c(c2)OCCO3)CC1. The van der Waals surface area contributed by atoms with Gasteiger partial charge in [-0.2, -0.15) is 0 Å². The molecule has 0 unspecified atom stereocenters. The number of amides is 1. The number of nitrogens with zero attached hydrogens (tertiary/aromatic N) is 2. The molecule has 2 aliphatic heterocycles. The number of fused-ring (bicyclic) bond motifs is 1. The predicted octanol–water partition coefficient (Wildman–Crippen LogP) is 2.99. The molecule has 2 aromatic rings. The first-order valence-electron chi connectivity index (χ1n) is 9.98. The average molecular weight is 396 g/mol. The van der Waals surface area contributed by atoms with Gasteiger partial charge in [0.1, 0.15) is 18.8 Å². The van der Waals surface area contributed by atoms with Gasteiger partial charge in [-0.1, -0.05) is 0 Å². The van der Waals surface area contributed by atoms with Gasteiger partial charge in [-0.25, -0.2) is 4.98 Å². The smallest absolute Gasteiger partial charge is 0.259 e. The summed E-state index contributed by atoms with van der Waals surface area (Å²) in [5, 5.41) is 0. The topological polar surface area (TPSA) is 78.0 Å². The molecule has 7 heteroatoms. The molecule has 4 rings (SSSR count). The van der Waals surface area contributed by atoms with Gasteiger partial charge in [-0.3, -0.25) is 9.59 Å². The molecular formula is C22H24N2O5. The molecule has 2 aliphatic rings. The van der Waals surface area contributed by atoms with Crippen molar-refractivity contribution in [3.63, 3.8) is 0 Å². The van der Waals surface area contributed by atoms with Crippen LogP contribution in [0.5, 0.6) is 17.4 Å². The lowest BCUT2D eigenvalue weighted by Gasteiger charge is -2.31. The second kappa shape index (κ2) is 8.51. The molecule has 0 bridgehead atoms. The first kappa shape index (κ1) is 19.2. The number of aromatic nitrogens is 1. The molecule has 1 aromatic heterocycles. The van der Waals surface area contributed by atoms with Crippen molar-refractivity contribution in [2.75, 3.05) is 32.9 Å². The van der Waals surface area contributed by atoms with E-state index in [0.717, 1.165) is 0 Å². The largest absolute Gasteiger partial charge is 0.486 e. The molecule has 29 heavy (non-hydrogen) atoms. The van der Waals surface area contributed by atoms with E-state index in [-0.39, 0.29) is 17.6 Å². The third kappa shape index (κ3) is 4.04. The molecule has 0 saturated carbocycles. The number of ketones is 1. The molecule has 0 spiro atoms. The number of rotatable bonds is 5. The average Bonchev–Trinajstić information content (AvgIpc) is 2.78.